The number of aryl methyl sites for hydroxylation is 2. The molecule has 4 aromatic rings. The summed E-state index contributed by atoms with van der Waals surface area (Å²) in [6, 6.07) is 23.2. The third kappa shape index (κ3) is 4.57. The van der Waals surface area contributed by atoms with Gasteiger partial charge in [-0.1, -0.05) is 60.3 Å². The SMILES string of the molecule is Cc1cc(C)cc(NC(=O)C(Sc2nc3ccccc3c(=O)n2C2CC2)c2ccccc2)c1. The fourth-order valence-electron chi connectivity index (χ4n) is 4.12. The Morgan fingerprint density at radius 2 is 1.67 bits per heavy atom. The number of fused-ring (bicyclic) bond motifs is 1. The van der Waals surface area contributed by atoms with Crippen LogP contribution in [0.5, 0.6) is 0 Å². The molecule has 0 bridgehead atoms. The summed E-state index contributed by atoms with van der Waals surface area (Å²) in [5.41, 5.74) is 4.44. The third-order valence-corrected chi connectivity index (χ3v) is 6.96. The Morgan fingerprint density at radius 1 is 1.00 bits per heavy atom. The van der Waals surface area contributed by atoms with Crippen molar-refractivity contribution in [2.24, 2.45) is 0 Å². The highest BCUT2D eigenvalue weighted by Crippen LogP contribution is 2.41. The lowest BCUT2D eigenvalue weighted by atomic mass is 10.1. The molecule has 6 heteroatoms. The summed E-state index contributed by atoms with van der Waals surface area (Å²) in [5, 5.41) is 3.74. The second-order valence-corrected chi connectivity index (χ2v) is 9.66. The Labute approximate surface area is 196 Å². The summed E-state index contributed by atoms with van der Waals surface area (Å²) in [7, 11) is 0. The second kappa shape index (κ2) is 8.87. The first-order valence-corrected chi connectivity index (χ1v) is 12.0. The first kappa shape index (κ1) is 21.5. The molecule has 1 unspecified atom stereocenters. The van der Waals surface area contributed by atoms with Crippen LogP contribution < -0.4 is 10.9 Å². The number of amides is 1. The van der Waals surface area contributed by atoms with Crippen LogP contribution in [0.25, 0.3) is 10.9 Å². The number of anilines is 1. The molecule has 0 radical (unpaired) electrons. The van der Waals surface area contributed by atoms with Gasteiger partial charge in [-0.3, -0.25) is 14.2 Å². The van der Waals surface area contributed by atoms with Crippen molar-refractivity contribution >= 4 is 34.3 Å². The van der Waals surface area contributed by atoms with Gasteiger partial charge in [0.1, 0.15) is 5.25 Å². The maximum atomic E-state index is 13.5. The van der Waals surface area contributed by atoms with Gasteiger partial charge >= 0.3 is 0 Å². The molecule has 1 amide bonds. The molecule has 0 aliphatic heterocycles. The van der Waals surface area contributed by atoms with E-state index in [0.717, 1.165) is 35.2 Å². The zero-order valence-electron chi connectivity index (χ0n) is 18.6. The highest BCUT2D eigenvalue weighted by atomic mass is 32.2. The van der Waals surface area contributed by atoms with E-state index in [2.05, 4.69) is 11.4 Å². The van der Waals surface area contributed by atoms with Crippen LogP contribution in [0.1, 0.15) is 40.8 Å². The van der Waals surface area contributed by atoms with Crippen LogP contribution in [0.4, 0.5) is 5.69 Å². The van der Waals surface area contributed by atoms with Gasteiger partial charge in [0.25, 0.3) is 5.56 Å². The van der Waals surface area contributed by atoms with E-state index in [1.165, 1.54) is 11.8 Å². The molecule has 5 nitrogen and oxygen atoms in total. The van der Waals surface area contributed by atoms with Crippen LogP contribution in [0.2, 0.25) is 0 Å². The highest BCUT2D eigenvalue weighted by molar-refractivity contribution is 8.00. The molecule has 1 aliphatic carbocycles. The molecule has 3 aromatic carbocycles. The van der Waals surface area contributed by atoms with Crippen molar-refractivity contribution < 1.29 is 4.79 Å². The lowest BCUT2D eigenvalue weighted by Crippen LogP contribution is -2.25. The zero-order valence-corrected chi connectivity index (χ0v) is 19.4. The molecule has 1 saturated carbocycles. The van der Waals surface area contributed by atoms with Gasteiger partial charge in [0.2, 0.25) is 5.91 Å². The van der Waals surface area contributed by atoms with Gasteiger partial charge in [0.15, 0.2) is 5.16 Å². The fraction of sp³-hybridized carbons (Fsp3) is 0.222. The maximum absolute atomic E-state index is 13.5. The van der Waals surface area contributed by atoms with Crippen molar-refractivity contribution in [3.8, 4) is 0 Å². The minimum absolute atomic E-state index is 0.0351. The van der Waals surface area contributed by atoms with E-state index < -0.39 is 5.25 Å². The van der Waals surface area contributed by atoms with Gasteiger partial charge in [-0.2, -0.15) is 0 Å². The first-order valence-electron chi connectivity index (χ1n) is 11.1. The van der Waals surface area contributed by atoms with Gasteiger partial charge in [-0.15, -0.1) is 0 Å². The number of hydrogen-bond donors (Lipinski definition) is 1. The smallest absolute Gasteiger partial charge is 0.262 e. The number of carbonyl (C=O) groups is 1. The standard InChI is InChI=1S/C27H25N3O2S/c1-17-14-18(2)16-20(15-17)28-25(31)24(19-8-4-3-5-9-19)33-27-29-23-11-7-6-10-22(23)26(32)30(27)21-12-13-21/h3-11,14-16,21,24H,12-13H2,1-2H3,(H,28,31). The monoisotopic (exact) mass is 455 g/mol. The Kier molecular flexibility index (Phi) is 5.77. The summed E-state index contributed by atoms with van der Waals surface area (Å²) in [6.45, 7) is 4.03. The van der Waals surface area contributed by atoms with E-state index in [0.29, 0.717) is 16.1 Å². The molecule has 1 N–H and O–H groups in total. The summed E-state index contributed by atoms with van der Waals surface area (Å²) in [5.74, 6) is -0.138. The predicted octanol–water partition coefficient (Wildman–Crippen LogP) is 5.82. The number of para-hydroxylation sites is 1. The van der Waals surface area contributed by atoms with Gasteiger partial charge in [-0.25, -0.2) is 4.98 Å². The van der Waals surface area contributed by atoms with E-state index >= 15 is 0 Å². The molecule has 33 heavy (non-hydrogen) atoms. The van der Waals surface area contributed by atoms with Crippen LogP contribution in [0, 0.1) is 13.8 Å². The first-order chi connectivity index (χ1) is 16.0. The second-order valence-electron chi connectivity index (χ2n) is 8.59. The van der Waals surface area contributed by atoms with Crippen LogP contribution in [-0.2, 0) is 4.79 Å². The number of aromatic nitrogens is 2. The molecule has 1 heterocycles. The van der Waals surface area contributed by atoms with Gasteiger partial charge in [0.05, 0.1) is 10.9 Å². The largest absolute Gasteiger partial charge is 0.325 e. The van der Waals surface area contributed by atoms with E-state index in [1.54, 1.807) is 4.57 Å². The quantitative estimate of drug-likeness (QED) is 0.294. The average Bonchev–Trinajstić information content (AvgIpc) is 3.62. The van der Waals surface area contributed by atoms with Gasteiger partial charge in [0, 0.05) is 11.7 Å². The van der Waals surface area contributed by atoms with Gasteiger partial charge in [-0.05, 0) is 67.6 Å². The normalized spacial score (nSPS) is 14.2. The minimum atomic E-state index is -0.551. The van der Waals surface area contributed by atoms with E-state index in [-0.39, 0.29) is 17.5 Å². The summed E-state index contributed by atoms with van der Waals surface area (Å²) in [4.78, 5) is 31.7. The average molecular weight is 456 g/mol. The number of hydrogen-bond acceptors (Lipinski definition) is 4. The summed E-state index contributed by atoms with van der Waals surface area (Å²) < 4.78 is 1.78. The molecule has 1 fully saturated rings. The van der Waals surface area contributed by atoms with Gasteiger partial charge < -0.3 is 5.32 Å². The molecule has 0 saturated heterocycles. The number of nitrogens with one attached hydrogen (secondary N) is 1. The van der Waals surface area contributed by atoms with Crippen molar-refractivity contribution in [3.05, 3.63) is 99.8 Å². The molecule has 166 valence electrons. The molecule has 1 atom stereocenters. The lowest BCUT2D eigenvalue weighted by Gasteiger charge is -2.19. The minimum Gasteiger partial charge on any atom is -0.325 e. The van der Waals surface area contributed by atoms with Crippen LogP contribution in [0.15, 0.2) is 82.7 Å². The van der Waals surface area contributed by atoms with Crippen molar-refractivity contribution in [2.45, 2.75) is 43.1 Å². The highest BCUT2D eigenvalue weighted by Gasteiger charge is 2.31. The number of nitrogens with zero attached hydrogens (tertiary/aromatic N) is 2. The Morgan fingerprint density at radius 3 is 2.36 bits per heavy atom. The van der Waals surface area contributed by atoms with Crippen LogP contribution in [0.3, 0.4) is 0 Å². The van der Waals surface area contributed by atoms with Crippen LogP contribution in [-0.4, -0.2) is 15.5 Å². The fourth-order valence-corrected chi connectivity index (χ4v) is 5.29. The Balaban J connectivity index is 1.56. The molecular formula is C27H25N3O2S. The Bertz CT molecular complexity index is 1370. The number of carbonyl (C=O) groups excluding carboxylic acids is 1. The molecule has 1 aliphatic rings. The maximum Gasteiger partial charge on any atom is 0.262 e. The lowest BCUT2D eigenvalue weighted by molar-refractivity contribution is -0.115. The van der Waals surface area contributed by atoms with Crippen molar-refractivity contribution in [1.29, 1.82) is 0 Å². The molecule has 0 spiro atoms. The van der Waals surface area contributed by atoms with E-state index in [9.17, 15) is 9.59 Å². The summed E-state index contributed by atoms with van der Waals surface area (Å²) >= 11 is 1.34. The number of benzene rings is 3. The topological polar surface area (TPSA) is 64.0 Å². The van der Waals surface area contributed by atoms with E-state index in [4.69, 9.17) is 4.98 Å². The molecule has 5 rings (SSSR count). The van der Waals surface area contributed by atoms with E-state index in [1.807, 2.05) is 80.6 Å². The van der Waals surface area contributed by atoms with Crippen LogP contribution >= 0.6 is 11.8 Å². The predicted molar refractivity (Wildman–Crippen MR) is 134 cm³/mol. The molecular weight excluding hydrogens is 430 g/mol. The number of thioether (sulfide) groups is 1. The zero-order chi connectivity index (χ0) is 22.9. The number of rotatable bonds is 6. The van der Waals surface area contributed by atoms with Crippen molar-refractivity contribution in [3.63, 3.8) is 0 Å². The molecule has 1 aromatic heterocycles. The van der Waals surface area contributed by atoms with Crippen molar-refractivity contribution in [2.75, 3.05) is 5.32 Å². The Hall–Kier alpha value is -3.38. The van der Waals surface area contributed by atoms with Crippen molar-refractivity contribution in [1.82, 2.24) is 9.55 Å². The third-order valence-electron chi connectivity index (χ3n) is 5.74. The summed E-state index contributed by atoms with van der Waals surface area (Å²) in [6.07, 6.45) is 1.91.